The minimum Gasteiger partial charge on any atom is -0.507 e. The number of benzene rings is 2. The maximum atomic E-state index is 12.9. The summed E-state index contributed by atoms with van der Waals surface area (Å²) in [6, 6.07) is 7.19. The molecule has 2 saturated heterocycles. The molecule has 236 valence electrons. The lowest BCUT2D eigenvalue weighted by molar-refractivity contribution is -0.305. The van der Waals surface area contributed by atoms with E-state index in [1.165, 1.54) is 25.3 Å². The van der Waals surface area contributed by atoms with E-state index in [1.807, 2.05) is 0 Å². The fourth-order valence-electron chi connectivity index (χ4n) is 5.64. The predicted octanol–water partition coefficient (Wildman–Crippen LogP) is 1.39. The fraction of sp³-hybridized carbons (Fsp3) is 0.567. The minimum atomic E-state index is -1.48. The van der Waals surface area contributed by atoms with Crippen LogP contribution in [-0.2, 0) is 14.2 Å². The molecule has 3 aliphatic heterocycles. The Morgan fingerprint density at radius 3 is 2.30 bits per heavy atom. The van der Waals surface area contributed by atoms with Crippen molar-refractivity contribution >= 4 is 5.78 Å². The molecule has 11 atom stereocenters. The molecule has 0 radical (unpaired) electrons. The van der Waals surface area contributed by atoms with Crippen molar-refractivity contribution < 1.29 is 63.9 Å². The number of hydrogen-bond acceptors (Lipinski definition) is 13. The molecule has 5 unspecified atom stereocenters. The van der Waals surface area contributed by atoms with E-state index in [0.29, 0.717) is 5.56 Å². The normalized spacial score (nSPS) is 36.0. The molecule has 6 N–H and O–H groups in total. The molecule has 5 rings (SSSR count). The summed E-state index contributed by atoms with van der Waals surface area (Å²) in [6.45, 7) is 4.88. The Hall–Kier alpha value is -3.17. The second-order valence-electron chi connectivity index (χ2n) is 11.4. The SMILES string of the molecule is COc1ccc(C2CC(=O)c3c(O)cc(O[C@@H]4OC(CO[C@@H]5OC(C)[C@H](O)[C@H](C)C5O)[C@H](C)[C@H](O)C4O)cc3O2)cc1O. The van der Waals surface area contributed by atoms with Gasteiger partial charge in [-0.2, -0.15) is 0 Å². The molecule has 0 aliphatic carbocycles. The van der Waals surface area contributed by atoms with Crippen molar-refractivity contribution in [3.63, 3.8) is 0 Å². The van der Waals surface area contributed by atoms with Gasteiger partial charge in [-0.05, 0) is 24.6 Å². The number of ketones is 1. The van der Waals surface area contributed by atoms with Crippen LogP contribution in [0, 0.1) is 11.8 Å². The Kier molecular flexibility index (Phi) is 9.05. The molecule has 0 bridgehead atoms. The molecule has 3 aliphatic rings. The van der Waals surface area contributed by atoms with Crippen molar-refractivity contribution in [1.29, 1.82) is 0 Å². The highest BCUT2D eigenvalue weighted by atomic mass is 16.7. The summed E-state index contributed by atoms with van der Waals surface area (Å²) in [6.07, 6.45) is -9.38. The molecule has 0 amide bonds. The van der Waals surface area contributed by atoms with Crippen LogP contribution in [0.1, 0.15) is 49.2 Å². The lowest BCUT2D eigenvalue weighted by Gasteiger charge is -2.43. The number of ether oxygens (including phenoxy) is 6. The van der Waals surface area contributed by atoms with E-state index in [2.05, 4.69) is 0 Å². The molecule has 2 fully saturated rings. The van der Waals surface area contributed by atoms with Crippen LogP contribution in [0.5, 0.6) is 28.7 Å². The van der Waals surface area contributed by atoms with E-state index in [4.69, 9.17) is 28.4 Å². The number of fused-ring (bicyclic) bond motifs is 1. The van der Waals surface area contributed by atoms with E-state index >= 15 is 0 Å². The third kappa shape index (κ3) is 6.11. The second-order valence-corrected chi connectivity index (χ2v) is 11.4. The van der Waals surface area contributed by atoms with Gasteiger partial charge in [0.1, 0.15) is 41.1 Å². The molecular formula is C30H38O13. The van der Waals surface area contributed by atoms with Gasteiger partial charge >= 0.3 is 0 Å². The lowest BCUT2D eigenvalue weighted by atomic mass is 9.90. The first kappa shape index (κ1) is 31.3. The van der Waals surface area contributed by atoms with Gasteiger partial charge in [0.2, 0.25) is 6.29 Å². The molecule has 13 nitrogen and oxygen atoms in total. The van der Waals surface area contributed by atoms with Crippen molar-refractivity contribution in [1.82, 2.24) is 0 Å². The number of phenols is 2. The van der Waals surface area contributed by atoms with Gasteiger partial charge in [-0.15, -0.1) is 0 Å². The average Bonchev–Trinajstić information content (AvgIpc) is 2.97. The first-order valence-corrected chi connectivity index (χ1v) is 14.1. The Labute approximate surface area is 248 Å². The summed E-state index contributed by atoms with van der Waals surface area (Å²) in [5.41, 5.74) is 0.477. The van der Waals surface area contributed by atoms with Crippen LogP contribution in [-0.4, -0.2) is 99.3 Å². The van der Waals surface area contributed by atoms with Gasteiger partial charge in [-0.1, -0.05) is 19.9 Å². The van der Waals surface area contributed by atoms with Crippen molar-refractivity contribution in [2.24, 2.45) is 11.8 Å². The van der Waals surface area contributed by atoms with Gasteiger partial charge in [0, 0.05) is 24.0 Å². The number of rotatable bonds is 7. The zero-order valence-corrected chi connectivity index (χ0v) is 24.2. The smallest absolute Gasteiger partial charge is 0.229 e. The average molecular weight is 607 g/mol. The molecule has 13 heteroatoms. The van der Waals surface area contributed by atoms with Crippen LogP contribution in [0.2, 0.25) is 0 Å². The Morgan fingerprint density at radius 2 is 1.60 bits per heavy atom. The highest BCUT2D eigenvalue weighted by Crippen LogP contribution is 2.43. The molecule has 0 saturated carbocycles. The molecule has 2 aromatic carbocycles. The Bertz CT molecular complexity index is 1320. The number of Topliss-reactive ketones (excluding diaryl/α,β-unsaturated/α-hetero) is 1. The van der Waals surface area contributed by atoms with Crippen molar-refractivity contribution in [3.05, 3.63) is 41.5 Å². The summed E-state index contributed by atoms with van der Waals surface area (Å²) in [7, 11) is 1.42. The first-order chi connectivity index (χ1) is 20.4. The number of carbonyl (C=O) groups excluding carboxylic acids is 1. The monoisotopic (exact) mass is 606 g/mol. The number of phenolic OH excluding ortho intramolecular Hbond substituents is 2. The van der Waals surface area contributed by atoms with Crippen molar-refractivity contribution in [2.75, 3.05) is 13.7 Å². The number of hydrogen-bond donors (Lipinski definition) is 6. The summed E-state index contributed by atoms with van der Waals surface area (Å²) >= 11 is 0. The molecule has 0 aromatic heterocycles. The van der Waals surface area contributed by atoms with Gasteiger partial charge in [0.25, 0.3) is 0 Å². The highest BCUT2D eigenvalue weighted by molar-refractivity contribution is 6.02. The predicted molar refractivity (Wildman–Crippen MR) is 147 cm³/mol. The van der Waals surface area contributed by atoms with E-state index in [9.17, 15) is 35.4 Å². The van der Waals surface area contributed by atoms with Crippen LogP contribution >= 0.6 is 0 Å². The zero-order valence-electron chi connectivity index (χ0n) is 24.2. The molecule has 43 heavy (non-hydrogen) atoms. The number of methoxy groups -OCH3 is 1. The van der Waals surface area contributed by atoms with Crippen LogP contribution in [0.25, 0.3) is 0 Å². The second kappa shape index (κ2) is 12.4. The van der Waals surface area contributed by atoms with E-state index in [-0.39, 0.29) is 47.4 Å². The van der Waals surface area contributed by atoms with Gasteiger partial charge in [-0.25, -0.2) is 0 Å². The molecular weight excluding hydrogens is 568 g/mol. The summed E-state index contributed by atoms with van der Waals surface area (Å²) in [4.78, 5) is 12.9. The molecule has 3 heterocycles. The summed E-state index contributed by atoms with van der Waals surface area (Å²) in [5.74, 6) is -1.72. The van der Waals surface area contributed by atoms with Crippen LogP contribution in [0.4, 0.5) is 0 Å². The lowest BCUT2D eigenvalue weighted by Crippen LogP contribution is -2.58. The third-order valence-corrected chi connectivity index (χ3v) is 8.47. The number of aliphatic hydroxyl groups excluding tert-OH is 4. The Balaban J connectivity index is 1.30. The van der Waals surface area contributed by atoms with Gasteiger partial charge in [-0.3, -0.25) is 4.79 Å². The highest BCUT2D eigenvalue weighted by Gasteiger charge is 2.46. The maximum Gasteiger partial charge on any atom is 0.229 e. The molecule has 2 aromatic rings. The number of aromatic hydroxyl groups is 2. The van der Waals surface area contributed by atoms with Crippen molar-refractivity contribution in [2.45, 2.75) is 82.5 Å². The first-order valence-electron chi connectivity index (χ1n) is 14.1. The van der Waals surface area contributed by atoms with Crippen LogP contribution in [0.15, 0.2) is 30.3 Å². The van der Waals surface area contributed by atoms with E-state index in [1.54, 1.807) is 32.9 Å². The van der Waals surface area contributed by atoms with Crippen LogP contribution in [0.3, 0.4) is 0 Å². The van der Waals surface area contributed by atoms with Crippen LogP contribution < -0.4 is 14.2 Å². The molecule has 0 spiro atoms. The zero-order chi connectivity index (χ0) is 31.2. The van der Waals surface area contributed by atoms with E-state index < -0.39 is 72.9 Å². The maximum absolute atomic E-state index is 12.9. The number of aliphatic hydroxyl groups is 4. The largest absolute Gasteiger partial charge is 0.507 e. The van der Waals surface area contributed by atoms with E-state index in [0.717, 1.165) is 0 Å². The van der Waals surface area contributed by atoms with Crippen molar-refractivity contribution in [3.8, 4) is 28.7 Å². The summed E-state index contributed by atoms with van der Waals surface area (Å²) < 4.78 is 34.2. The summed E-state index contributed by atoms with van der Waals surface area (Å²) in [5, 5.41) is 63.0. The van der Waals surface area contributed by atoms with Gasteiger partial charge < -0.3 is 59.1 Å². The Morgan fingerprint density at radius 1 is 0.860 bits per heavy atom. The standard InChI is InChI=1S/C30H38O13/c1-12-23(11-39-29-27(36)13(2)25(34)14(3)40-29)43-30(28(37)26(12)35)41-16-8-18(32)24-19(33)10-21(42-22(24)9-16)15-5-6-20(38-4)17(31)7-15/h5-9,12-14,21,23,25-32,34-37H,10-11H2,1-4H3/t12-,13-,14?,21?,23?,25+,26-,27?,28?,29+,30+/m0/s1. The third-order valence-electron chi connectivity index (χ3n) is 8.47. The topological polar surface area (TPSA) is 194 Å². The quantitative estimate of drug-likeness (QED) is 0.265. The van der Waals surface area contributed by atoms with Gasteiger partial charge in [0.05, 0.1) is 44.6 Å². The number of carbonyl (C=O) groups is 1. The van der Waals surface area contributed by atoms with Gasteiger partial charge in [0.15, 0.2) is 23.6 Å². The minimum absolute atomic E-state index is 0.00424. The fourth-order valence-corrected chi connectivity index (χ4v) is 5.64.